The fraction of sp³-hybridized carbons (Fsp3) is 0.194. The number of nitrogens with zero attached hydrogens (tertiary/aromatic N) is 16. The first-order chi connectivity index (χ1) is 44.9. The molecule has 0 unspecified atom stereocenters. The van der Waals surface area contributed by atoms with Crippen molar-refractivity contribution in [2.75, 3.05) is 0 Å². The third-order valence-electron chi connectivity index (χ3n) is 13.3. The predicted octanol–water partition coefficient (Wildman–Crippen LogP) is 16.8. The summed E-state index contributed by atoms with van der Waals surface area (Å²) in [5.41, 5.74) is 2.91. The minimum Gasteiger partial charge on any atom is -0.306 e. The van der Waals surface area contributed by atoms with Crippen molar-refractivity contribution < 1.29 is 79.0 Å². The Labute approximate surface area is 532 Å². The first-order valence-electron chi connectivity index (χ1n) is 27.4. The van der Waals surface area contributed by atoms with E-state index in [1.165, 1.54) is 99.1 Å². The Hall–Kier alpha value is -11.0. The van der Waals surface area contributed by atoms with Gasteiger partial charge in [0.25, 0.3) is 0 Å². The lowest BCUT2D eigenvalue weighted by atomic mass is 10.1. The van der Waals surface area contributed by atoms with E-state index >= 15 is 0 Å². The molecule has 0 spiro atoms. The number of benzene rings is 6. The molecule has 16 nitrogen and oxygen atoms in total. The van der Waals surface area contributed by atoms with Crippen LogP contribution in [0.15, 0.2) is 196 Å². The van der Waals surface area contributed by atoms with Crippen molar-refractivity contribution >= 4 is 0 Å². The van der Waals surface area contributed by atoms with Crippen molar-refractivity contribution in [3.8, 4) is 34.1 Å². The van der Waals surface area contributed by atoms with Gasteiger partial charge in [-0.05, 0) is 190 Å². The number of alkyl halides is 18. The standard InChI is InChI=1S/2C11H9F3N2.4C10H8F3N3/c1-8-7-9(11(12,13)14)3-4-10(8)16-6-2-5-15-16;1-8-6-9(11(12,13)14)2-3-10(8)16-5-4-15-7-16;1-7-4-8(10(11,12)13)2-3-9(7)16-5-14-15-6-16;1-7-4-8(10(11,12)13)2-3-9(7)16-6-14-5-15-16;1-7-6-8(10(11,12)13)2-3-9(7)16-5-4-14-15-16;1-7-6-8(10(11,12)13)2-3-9(7)16-14-4-5-15-16/h2*2-7H,1H3;4*2-6H,1H3. The molecule has 6 aromatic carbocycles. The molecule has 12 rings (SSSR count). The fourth-order valence-corrected chi connectivity index (χ4v) is 8.71. The number of aryl methyl sites for hydroxylation is 6. The van der Waals surface area contributed by atoms with E-state index in [0.717, 1.165) is 72.8 Å². The summed E-state index contributed by atoms with van der Waals surface area (Å²) in [6.45, 7) is 9.69. The minimum atomic E-state index is -4.32. The minimum absolute atomic E-state index is 0.478. The van der Waals surface area contributed by atoms with Crippen LogP contribution in [-0.4, -0.2) is 78.8 Å². The van der Waals surface area contributed by atoms with Crippen LogP contribution in [0.5, 0.6) is 0 Å². The second-order valence-electron chi connectivity index (χ2n) is 20.3. The molecular weight excluding hydrogens is 1310 g/mol. The zero-order chi connectivity index (χ0) is 70.6. The largest absolute Gasteiger partial charge is 0.416 e. The SMILES string of the molecule is Cc1cc(C(F)(F)F)ccc1-n1cccn1.Cc1cc(C(F)(F)F)ccc1-n1ccnc1.Cc1cc(C(F)(F)F)ccc1-n1ccnn1.Cc1cc(C(F)(F)F)ccc1-n1cncn1.Cc1cc(C(F)(F)F)ccc1-n1cnnc1.Cc1cc(C(F)(F)F)ccc1-n1nccn1. The summed E-state index contributed by atoms with van der Waals surface area (Å²) in [5.74, 6) is 0. The summed E-state index contributed by atoms with van der Waals surface area (Å²) in [7, 11) is 0. The number of imidazole rings is 1. The van der Waals surface area contributed by atoms with E-state index in [1.807, 2.05) is 0 Å². The van der Waals surface area contributed by atoms with Gasteiger partial charge in [0.15, 0.2) is 0 Å². The molecule has 0 saturated carbocycles. The molecule has 0 saturated heterocycles. The molecular formula is C62H50F18N16. The molecule has 34 heteroatoms. The van der Waals surface area contributed by atoms with E-state index in [0.29, 0.717) is 67.5 Å². The van der Waals surface area contributed by atoms with Gasteiger partial charge in [-0.25, -0.2) is 24.0 Å². The maximum Gasteiger partial charge on any atom is 0.416 e. The van der Waals surface area contributed by atoms with Crippen LogP contribution in [0.4, 0.5) is 79.0 Å². The van der Waals surface area contributed by atoms with E-state index in [4.69, 9.17) is 0 Å². The molecule has 0 N–H and O–H groups in total. The van der Waals surface area contributed by atoms with Crippen molar-refractivity contribution in [3.05, 3.63) is 263 Å². The topological polar surface area (TPSA) is 158 Å². The lowest BCUT2D eigenvalue weighted by Crippen LogP contribution is -2.07. The Bertz CT molecular complexity index is 3650. The highest BCUT2D eigenvalue weighted by atomic mass is 19.4. The molecule has 12 aromatic rings. The number of hydrogen-bond acceptors (Lipinski definition) is 10. The number of hydrogen-bond donors (Lipinski definition) is 0. The Morgan fingerprint density at radius 2 is 0.646 bits per heavy atom. The van der Waals surface area contributed by atoms with Crippen molar-refractivity contribution in [1.29, 1.82) is 0 Å². The van der Waals surface area contributed by atoms with Crippen LogP contribution in [0.2, 0.25) is 0 Å². The smallest absolute Gasteiger partial charge is 0.306 e. The monoisotopic (exact) mass is 1360 g/mol. The first-order valence-corrected chi connectivity index (χ1v) is 27.4. The van der Waals surface area contributed by atoms with Gasteiger partial charge in [0, 0.05) is 30.5 Å². The van der Waals surface area contributed by atoms with Crippen LogP contribution < -0.4 is 0 Å². The third kappa shape index (κ3) is 19.6. The van der Waals surface area contributed by atoms with E-state index < -0.39 is 70.4 Å². The van der Waals surface area contributed by atoms with Gasteiger partial charge in [0.2, 0.25) is 0 Å². The molecule has 0 aliphatic carbocycles. The molecule has 0 aliphatic rings. The van der Waals surface area contributed by atoms with Gasteiger partial charge >= 0.3 is 37.1 Å². The summed E-state index contributed by atoms with van der Waals surface area (Å²) in [4.78, 5) is 8.88. The van der Waals surface area contributed by atoms with E-state index in [-0.39, 0.29) is 0 Å². The zero-order valence-electron chi connectivity index (χ0n) is 50.4. The summed E-state index contributed by atoms with van der Waals surface area (Å²) in [6, 6.07) is 23.0. The van der Waals surface area contributed by atoms with Gasteiger partial charge < -0.3 is 4.57 Å². The van der Waals surface area contributed by atoms with E-state index in [9.17, 15) is 79.0 Å². The highest BCUT2D eigenvalue weighted by Crippen LogP contribution is 2.36. The second-order valence-corrected chi connectivity index (χ2v) is 20.3. The number of halogens is 18. The van der Waals surface area contributed by atoms with Gasteiger partial charge in [0.1, 0.15) is 25.3 Å². The van der Waals surface area contributed by atoms with Crippen LogP contribution in [0.3, 0.4) is 0 Å². The Kier molecular flexibility index (Phi) is 22.6. The second kappa shape index (κ2) is 30.0. The molecule has 0 bridgehead atoms. The summed E-state index contributed by atoms with van der Waals surface area (Å²) in [6.07, 6.45) is -6.12. The van der Waals surface area contributed by atoms with Gasteiger partial charge in [-0.2, -0.15) is 104 Å². The average Bonchev–Trinajstić information content (AvgIpc) is 1.39. The summed E-state index contributed by atoms with van der Waals surface area (Å²) in [5, 5.41) is 30.1. The first kappa shape index (κ1) is 72.5. The number of rotatable bonds is 6. The predicted molar refractivity (Wildman–Crippen MR) is 311 cm³/mol. The van der Waals surface area contributed by atoms with E-state index in [1.54, 1.807) is 94.1 Å². The molecule has 6 aromatic heterocycles. The highest BCUT2D eigenvalue weighted by molar-refractivity contribution is 5.47. The molecule has 96 heavy (non-hydrogen) atoms. The van der Waals surface area contributed by atoms with Crippen molar-refractivity contribution in [1.82, 2.24) is 78.8 Å². The van der Waals surface area contributed by atoms with Crippen molar-refractivity contribution in [2.45, 2.75) is 78.6 Å². The molecule has 504 valence electrons. The quantitative estimate of drug-likeness (QED) is 0.147. The highest BCUT2D eigenvalue weighted by Gasteiger charge is 2.35. The zero-order valence-corrected chi connectivity index (χ0v) is 50.4. The van der Waals surface area contributed by atoms with Crippen LogP contribution >= 0.6 is 0 Å². The maximum atomic E-state index is 12.4. The lowest BCUT2D eigenvalue weighted by molar-refractivity contribution is -0.138. The fourth-order valence-electron chi connectivity index (χ4n) is 8.71. The Morgan fingerprint density at radius 1 is 0.281 bits per heavy atom. The molecule has 0 radical (unpaired) electrons. The van der Waals surface area contributed by atoms with Crippen molar-refractivity contribution in [2.24, 2.45) is 0 Å². The lowest BCUT2D eigenvalue weighted by Gasteiger charge is -2.11. The summed E-state index contributed by atoms with van der Waals surface area (Å²) < 4.78 is 231. The van der Waals surface area contributed by atoms with E-state index in [2.05, 4.69) is 50.9 Å². The molecule has 0 amide bonds. The molecule has 0 fully saturated rings. The average molecular weight is 1360 g/mol. The van der Waals surface area contributed by atoms with Gasteiger partial charge in [-0.15, -0.1) is 15.3 Å². The molecule has 6 heterocycles. The summed E-state index contributed by atoms with van der Waals surface area (Å²) >= 11 is 0. The van der Waals surface area contributed by atoms with Gasteiger partial charge in [0.05, 0.1) is 92.9 Å². The van der Waals surface area contributed by atoms with Crippen molar-refractivity contribution in [3.63, 3.8) is 0 Å². The van der Waals surface area contributed by atoms with Crippen LogP contribution in [-0.2, 0) is 37.1 Å². The molecule has 0 aliphatic heterocycles. The van der Waals surface area contributed by atoms with Crippen LogP contribution in [0, 0.1) is 41.5 Å². The van der Waals surface area contributed by atoms with Crippen LogP contribution in [0.1, 0.15) is 66.8 Å². The third-order valence-corrected chi connectivity index (χ3v) is 13.3. The Balaban J connectivity index is 0.000000163. The maximum absolute atomic E-state index is 12.4. The normalized spacial score (nSPS) is 11.8. The molecule has 0 atom stereocenters. The number of aromatic nitrogens is 16. The van der Waals surface area contributed by atoms with Gasteiger partial charge in [-0.3, -0.25) is 4.57 Å². The Morgan fingerprint density at radius 3 is 0.958 bits per heavy atom. The van der Waals surface area contributed by atoms with Crippen LogP contribution in [0.25, 0.3) is 34.1 Å². The van der Waals surface area contributed by atoms with Gasteiger partial charge in [-0.1, -0.05) is 5.21 Å².